The Morgan fingerprint density at radius 3 is 3.05 bits per heavy atom. The van der Waals surface area contributed by atoms with E-state index in [9.17, 15) is 5.11 Å². The van der Waals surface area contributed by atoms with E-state index in [2.05, 4.69) is 44.2 Å². The van der Waals surface area contributed by atoms with Crippen molar-refractivity contribution < 1.29 is 9.84 Å². The van der Waals surface area contributed by atoms with Crippen LogP contribution in [0, 0.1) is 30.6 Å². The smallest absolute Gasteiger partial charge is 0.155 e. The summed E-state index contributed by atoms with van der Waals surface area (Å²) in [6.45, 7) is 6.59. The van der Waals surface area contributed by atoms with Gasteiger partial charge in [0.05, 0.1) is 6.10 Å². The number of hydrogen-bond donors (Lipinski definition) is 1. The van der Waals surface area contributed by atoms with Crippen LogP contribution in [0.15, 0.2) is 36.0 Å². The summed E-state index contributed by atoms with van der Waals surface area (Å²) in [5.41, 5.74) is 1.47. The summed E-state index contributed by atoms with van der Waals surface area (Å²) in [4.78, 5) is 0. The highest BCUT2D eigenvalue weighted by Gasteiger charge is 2.46. The maximum Gasteiger partial charge on any atom is 0.155 e. The van der Waals surface area contributed by atoms with Gasteiger partial charge >= 0.3 is 0 Å². The van der Waals surface area contributed by atoms with Crippen LogP contribution in [0.1, 0.15) is 45.4 Å². The van der Waals surface area contributed by atoms with Crippen molar-refractivity contribution in [1.29, 1.82) is 0 Å². The van der Waals surface area contributed by atoms with Crippen LogP contribution in [0.25, 0.3) is 0 Å². The first-order chi connectivity index (χ1) is 10.6. The van der Waals surface area contributed by atoms with E-state index < -0.39 is 6.29 Å². The minimum Gasteiger partial charge on any atom is -0.368 e. The summed E-state index contributed by atoms with van der Waals surface area (Å²) in [5, 5.41) is 9.67. The first kappa shape index (κ1) is 16.0. The number of aliphatic hydroxyl groups excluding tert-OH is 1. The standard InChI is InChI=1S/C20H29O2/c1-14(8-10-16-6-4-3-5-7-16)9-11-17-15(2)12-19-18(17)13-20(21)22-19/h4,6-7,9,11,14-15,17-21H,1,3,5,8,10,12-13H2,2H3/q-1/b11-9+. The molecule has 0 aromatic rings. The minimum absolute atomic E-state index is 0.264. The normalized spacial score (nSPS) is 39.2. The molecule has 0 radical (unpaired) electrons. The first-order valence-electron chi connectivity index (χ1n) is 8.84. The van der Waals surface area contributed by atoms with Crippen LogP contribution in [0.5, 0.6) is 0 Å². The summed E-state index contributed by atoms with van der Waals surface area (Å²) in [6, 6.07) is 0. The third-order valence-electron chi connectivity index (χ3n) is 5.52. The fourth-order valence-corrected chi connectivity index (χ4v) is 4.24. The van der Waals surface area contributed by atoms with E-state index in [0.717, 1.165) is 25.7 Å². The van der Waals surface area contributed by atoms with Gasteiger partial charge in [-0.1, -0.05) is 43.2 Å². The second-order valence-electron chi connectivity index (χ2n) is 7.26. The highest BCUT2D eigenvalue weighted by Crippen LogP contribution is 2.46. The van der Waals surface area contributed by atoms with Crippen molar-refractivity contribution in [3.8, 4) is 0 Å². The zero-order valence-electron chi connectivity index (χ0n) is 13.7. The average Bonchev–Trinajstić information content (AvgIpc) is 2.99. The Bertz CT molecular complexity index is 462. The molecular weight excluding hydrogens is 272 g/mol. The lowest BCUT2D eigenvalue weighted by atomic mass is 9.87. The van der Waals surface area contributed by atoms with Crippen molar-refractivity contribution in [2.45, 2.75) is 57.8 Å². The number of fused-ring (bicyclic) bond motifs is 1. The topological polar surface area (TPSA) is 29.5 Å². The molecule has 1 saturated carbocycles. The molecule has 1 saturated heterocycles. The Morgan fingerprint density at radius 2 is 2.27 bits per heavy atom. The molecule has 2 aliphatic carbocycles. The molecule has 6 atom stereocenters. The molecule has 0 spiro atoms. The van der Waals surface area contributed by atoms with Crippen LogP contribution < -0.4 is 0 Å². The molecule has 122 valence electrons. The zero-order valence-corrected chi connectivity index (χ0v) is 13.7. The Hall–Kier alpha value is -0.860. The Morgan fingerprint density at radius 1 is 1.41 bits per heavy atom. The van der Waals surface area contributed by atoms with Crippen molar-refractivity contribution in [1.82, 2.24) is 0 Å². The fourth-order valence-electron chi connectivity index (χ4n) is 4.24. The number of aliphatic hydroxyl groups is 1. The molecule has 2 fully saturated rings. The van der Waals surface area contributed by atoms with Gasteiger partial charge in [-0.2, -0.15) is 5.92 Å². The van der Waals surface area contributed by atoms with Gasteiger partial charge < -0.3 is 16.8 Å². The third kappa shape index (κ3) is 3.72. The van der Waals surface area contributed by atoms with Gasteiger partial charge in [-0.05, 0) is 43.4 Å². The lowest BCUT2D eigenvalue weighted by Gasteiger charge is -2.20. The SMILES string of the molecule is [CH2-]C(/C=C/C1C(C)CC2OC(O)CC21)CCC1=CCCC=C1. The van der Waals surface area contributed by atoms with Gasteiger partial charge in [0.25, 0.3) is 0 Å². The van der Waals surface area contributed by atoms with E-state index in [1.54, 1.807) is 0 Å². The van der Waals surface area contributed by atoms with Gasteiger partial charge in [0.15, 0.2) is 6.29 Å². The molecule has 6 unspecified atom stereocenters. The van der Waals surface area contributed by atoms with E-state index in [-0.39, 0.29) is 6.10 Å². The molecule has 0 bridgehead atoms. The zero-order chi connectivity index (χ0) is 15.5. The van der Waals surface area contributed by atoms with Gasteiger partial charge in [-0.3, -0.25) is 0 Å². The molecular formula is C20H29O2-. The quantitative estimate of drug-likeness (QED) is 0.601. The summed E-state index contributed by atoms with van der Waals surface area (Å²) < 4.78 is 5.61. The van der Waals surface area contributed by atoms with Crippen LogP contribution in [0.3, 0.4) is 0 Å². The predicted octanol–water partition coefficient (Wildman–Crippen LogP) is 4.43. The van der Waals surface area contributed by atoms with Crippen LogP contribution >= 0.6 is 0 Å². The van der Waals surface area contributed by atoms with Gasteiger partial charge in [0, 0.05) is 6.42 Å². The molecule has 1 heterocycles. The minimum atomic E-state index is -0.543. The number of allylic oxidation sites excluding steroid dienone is 6. The van der Waals surface area contributed by atoms with E-state index in [0.29, 0.717) is 23.7 Å². The van der Waals surface area contributed by atoms with E-state index in [1.165, 1.54) is 18.4 Å². The maximum atomic E-state index is 9.67. The van der Waals surface area contributed by atoms with Gasteiger partial charge in [-0.25, -0.2) is 0 Å². The van der Waals surface area contributed by atoms with E-state index in [1.807, 2.05) is 0 Å². The summed E-state index contributed by atoms with van der Waals surface area (Å²) in [7, 11) is 0. The third-order valence-corrected chi connectivity index (χ3v) is 5.52. The average molecular weight is 301 g/mol. The number of rotatable bonds is 5. The van der Waals surface area contributed by atoms with Gasteiger partial charge in [0.1, 0.15) is 0 Å². The number of ether oxygens (including phenoxy) is 1. The molecule has 0 amide bonds. The Kier molecular flexibility index (Phi) is 5.20. The van der Waals surface area contributed by atoms with E-state index in [4.69, 9.17) is 4.74 Å². The lowest BCUT2D eigenvalue weighted by molar-refractivity contribution is -0.0922. The predicted molar refractivity (Wildman–Crippen MR) is 89.9 cm³/mol. The molecule has 0 aromatic heterocycles. The van der Waals surface area contributed by atoms with Crippen LogP contribution in [0.4, 0.5) is 0 Å². The molecule has 2 heteroatoms. The summed E-state index contributed by atoms with van der Waals surface area (Å²) in [5.74, 6) is 2.06. The Balaban J connectivity index is 1.50. The van der Waals surface area contributed by atoms with Crippen LogP contribution in [-0.4, -0.2) is 17.5 Å². The fraction of sp³-hybridized carbons (Fsp3) is 0.650. The van der Waals surface area contributed by atoms with Crippen molar-refractivity contribution >= 4 is 0 Å². The van der Waals surface area contributed by atoms with Crippen molar-refractivity contribution in [3.05, 3.63) is 42.9 Å². The first-order valence-corrected chi connectivity index (χ1v) is 8.84. The summed E-state index contributed by atoms with van der Waals surface area (Å²) in [6.07, 6.45) is 17.8. The highest BCUT2D eigenvalue weighted by atomic mass is 16.6. The van der Waals surface area contributed by atoms with Gasteiger partial charge in [0.2, 0.25) is 0 Å². The largest absolute Gasteiger partial charge is 0.368 e. The van der Waals surface area contributed by atoms with Crippen molar-refractivity contribution in [3.63, 3.8) is 0 Å². The molecule has 0 aromatic carbocycles. The Labute approximate surface area is 134 Å². The summed E-state index contributed by atoms with van der Waals surface area (Å²) >= 11 is 0. The highest BCUT2D eigenvalue weighted by molar-refractivity contribution is 5.22. The number of hydrogen-bond acceptors (Lipinski definition) is 2. The lowest BCUT2D eigenvalue weighted by Crippen LogP contribution is -2.14. The maximum absolute atomic E-state index is 9.67. The van der Waals surface area contributed by atoms with Crippen LogP contribution in [-0.2, 0) is 4.74 Å². The molecule has 22 heavy (non-hydrogen) atoms. The van der Waals surface area contributed by atoms with Crippen LogP contribution in [0.2, 0.25) is 0 Å². The molecule has 3 rings (SSSR count). The molecule has 1 aliphatic heterocycles. The second kappa shape index (κ2) is 7.14. The second-order valence-corrected chi connectivity index (χ2v) is 7.26. The van der Waals surface area contributed by atoms with Crippen molar-refractivity contribution in [2.24, 2.45) is 23.7 Å². The van der Waals surface area contributed by atoms with Gasteiger partial charge in [-0.15, -0.1) is 6.08 Å². The molecule has 3 aliphatic rings. The monoisotopic (exact) mass is 301 g/mol. The van der Waals surface area contributed by atoms with Crippen molar-refractivity contribution in [2.75, 3.05) is 0 Å². The molecule has 2 nitrogen and oxygen atoms in total. The van der Waals surface area contributed by atoms with E-state index >= 15 is 0 Å². The molecule has 1 N–H and O–H groups in total.